The first-order valence-corrected chi connectivity index (χ1v) is 25.4. The van der Waals surface area contributed by atoms with E-state index in [1.165, 1.54) is 180 Å². The van der Waals surface area contributed by atoms with E-state index in [1.807, 2.05) is 7.05 Å². The number of carbonyl (C=O) groups excluding carboxylic acids is 2. The van der Waals surface area contributed by atoms with E-state index < -0.39 is 0 Å². The highest BCUT2D eigenvalue weighted by molar-refractivity contribution is 7.97. The van der Waals surface area contributed by atoms with E-state index in [9.17, 15) is 9.59 Å². The summed E-state index contributed by atoms with van der Waals surface area (Å²) in [6.45, 7) is 12.5. The van der Waals surface area contributed by atoms with Crippen molar-refractivity contribution >= 4 is 23.9 Å². The average molecular weight is 797 g/mol. The smallest absolute Gasteiger partial charge is 0.306 e. The Morgan fingerprint density at radius 1 is 0.455 bits per heavy atom. The minimum absolute atomic E-state index is 0.00891. The topological polar surface area (TPSA) is 67.9 Å². The lowest BCUT2D eigenvalue weighted by Gasteiger charge is -2.22. The lowest BCUT2D eigenvalue weighted by molar-refractivity contribution is -0.150. The third-order valence-corrected chi connectivity index (χ3v) is 12.0. The van der Waals surface area contributed by atoms with E-state index in [2.05, 4.69) is 37.3 Å². The second kappa shape index (κ2) is 44.3. The van der Waals surface area contributed by atoms with Crippen LogP contribution in [0.4, 0.5) is 0 Å². The third-order valence-electron chi connectivity index (χ3n) is 11.3. The minimum Gasteiger partial charge on any atom is -0.462 e. The Bertz CT molecular complexity index is 784. The first kappa shape index (κ1) is 54.2. The summed E-state index contributed by atoms with van der Waals surface area (Å²) in [6.07, 6.45) is 41.4. The summed E-state index contributed by atoms with van der Waals surface area (Å²) < 4.78 is 15.1. The number of nitrogens with zero attached hydrogens (tertiary/aromatic N) is 1. The van der Waals surface area contributed by atoms with E-state index in [1.54, 1.807) is 11.9 Å². The molecule has 1 N–H and O–H groups in total. The van der Waals surface area contributed by atoms with Crippen LogP contribution in [0.3, 0.4) is 0 Å². The van der Waals surface area contributed by atoms with Gasteiger partial charge in [-0.15, -0.1) is 0 Å². The summed E-state index contributed by atoms with van der Waals surface area (Å²) in [4.78, 5) is 27.9. The quantitative estimate of drug-likeness (QED) is 0.0374. The van der Waals surface area contributed by atoms with E-state index in [0.717, 1.165) is 57.1 Å². The molecule has 0 aliphatic heterocycles. The standard InChI is InChI=1S/C48H96N2O4S/c1-6-10-13-16-21-28-36-45(9-4)53-47(51)39-31-24-19-26-33-41-50(43-35-44-55-49-5)42-34-27-20-25-32-40-48(52)54-46(37-29-22-17-14-11-7-2)38-30-23-18-15-12-8-3/h45-46,49H,6-44H2,1-5H3. The zero-order valence-electron chi connectivity index (χ0n) is 37.7. The normalized spacial score (nSPS) is 12.2. The van der Waals surface area contributed by atoms with Crippen molar-refractivity contribution in [1.29, 1.82) is 0 Å². The summed E-state index contributed by atoms with van der Waals surface area (Å²) in [7, 11) is 2.01. The van der Waals surface area contributed by atoms with Gasteiger partial charge in [0, 0.05) is 18.6 Å². The van der Waals surface area contributed by atoms with Gasteiger partial charge in [0.2, 0.25) is 0 Å². The first-order chi connectivity index (χ1) is 27.0. The largest absolute Gasteiger partial charge is 0.462 e. The number of hydrogen-bond donors (Lipinski definition) is 1. The van der Waals surface area contributed by atoms with Gasteiger partial charge in [-0.05, 0) is 104 Å². The summed E-state index contributed by atoms with van der Waals surface area (Å²) in [5, 5.41) is 0. The monoisotopic (exact) mass is 797 g/mol. The molecule has 0 aromatic rings. The van der Waals surface area contributed by atoms with Gasteiger partial charge >= 0.3 is 11.9 Å². The summed E-state index contributed by atoms with van der Waals surface area (Å²) in [5.41, 5.74) is 0. The second-order valence-electron chi connectivity index (χ2n) is 16.6. The Morgan fingerprint density at radius 2 is 0.800 bits per heavy atom. The molecule has 0 fully saturated rings. The van der Waals surface area contributed by atoms with Crippen molar-refractivity contribution in [3.8, 4) is 0 Å². The molecule has 0 rings (SSSR count). The van der Waals surface area contributed by atoms with Crippen molar-refractivity contribution in [1.82, 2.24) is 9.62 Å². The van der Waals surface area contributed by atoms with Gasteiger partial charge in [0.05, 0.1) is 0 Å². The van der Waals surface area contributed by atoms with Crippen LogP contribution in [0.15, 0.2) is 0 Å². The van der Waals surface area contributed by atoms with Gasteiger partial charge in [0.15, 0.2) is 0 Å². The van der Waals surface area contributed by atoms with Crippen LogP contribution in [0.25, 0.3) is 0 Å². The van der Waals surface area contributed by atoms with Crippen LogP contribution >= 0.6 is 11.9 Å². The van der Waals surface area contributed by atoms with Crippen molar-refractivity contribution in [3.63, 3.8) is 0 Å². The van der Waals surface area contributed by atoms with E-state index in [0.29, 0.717) is 12.8 Å². The van der Waals surface area contributed by atoms with Gasteiger partial charge in [-0.2, -0.15) is 0 Å². The molecule has 1 atom stereocenters. The molecule has 6 nitrogen and oxygen atoms in total. The molecule has 7 heteroatoms. The fourth-order valence-electron chi connectivity index (χ4n) is 7.62. The van der Waals surface area contributed by atoms with Gasteiger partial charge in [-0.1, -0.05) is 174 Å². The van der Waals surface area contributed by atoms with Gasteiger partial charge in [-0.3, -0.25) is 14.3 Å². The lowest BCUT2D eigenvalue weighted by Crippen LogP contribution is -2.27. The molecular weight excluding hydrogens is 701 g/mol. The minimum atomic E-state index is 0.00891. The van der Waals surface area contributed by atoms with Crippen molar-refractivity contribution < 1.29 is 19.1 Å². The summed E-state index contributed by atoms with van der Waals surface area (Å²) in [6, 6.07) is 0. The zero-order chi connectivity index (χ0) is 40.3. The molecule has 55 heavy (non-hydrogen) atoms. The maximum atomic E-state index is 12.8. The summed E-state index contributed by atoms with van der Waals surface area (Å²) >= 11 is 1.81. The predicted octanol–water partition coefficient (Wildman–Crippen LogP) is 14.7. The van der Waals surface area contributed by atoms with Crippen LogP contribution in [0.1, 0.15) is 252 Å². The maximum absolute atomic E-state index is 12.8. The fourth-order valence-corrected chi connectivity index (χ4v) is 8.10. The zero-order valence-corrected chi connectivity index (χ0v) is 38.5. The molecular formula is C48H96N2O4S. The van der Waals surface area contributed by atoms with Gasteiger partial charge in [0.25, 0.3) is 0 Å². The molecule has 0 saturated heterocycles. The Morgan fingerprint density at radius 3 is 1.22 bits per heavy atom. The number of nitrogens with one attached hydrogen (secondary N) is 1. The molecule has 0 heterocycles. The number of hydrogen-bond acceptors (Lipinski definition) is 7. The highest BCUT2D eigenvalue weighted by Crippen LogP contribution is 2.19. The SMILES string of the molecule is CCCCCCCCC(CC)OC(=O)CCCCCCCN(CCCCCCCC(=O)OC(CCCCCCCC)CCCCCCCC)CCCSNC. The van der Waals surface area contributed by atoms with Crippen LogP contribution < -0.4 is 4.72 Å². The second-order valence-corrected chi connectivity index (χ2v) is 17.7. The number of carbonyl (C=O) groups is 2. The van der Waals surface area contributed by atoms with Gasteiger partial charge in [0.1, 0.15) is 12.2 Å². The highest BCUT2D eigenvalue weighted by atomic mass is 32.2. The third kappa shape index (κ3) is 39.8. The average Bonchev–Trinajstić information content (AvgIpc) is 3.18. The molecule has 0 spiro atoms. The number of ether oxygens (including phenoxy) is 2. The van der Waals surface area contributed by atoms with Crippen LogP contribution in [-0.2, 0) is 19.1 Å². The van der Waals surface area contributed by atoms with Crippen molar-refractivity contribution in [2.24, 2.45) is 0 Å². The lowest BCUT2D eigenvalue weighted by atomic mass is 10.0. The first-order valence-electron chi connectivity index (χ1n) is 24.4. The molecule has 328 valence electrons. The fraction of sp³-hybridized carbons (Fsp3) is 0.958. The molecule has 0 aromatic carbocycles. The molecule has 0 amide bonds. The molecule has 0 aliphatic rings. The van der Waals surface area contributed by atoms with E-state index in [-0.39, 0.29) is 24.1 Å². The Kier molecular flexibility index (Phi) is 43.7. The van der Waals surface area contributed by atoms with Gasteiger partial charge in [-0.25, -0.2) is 0 Å². The molecule has 1 unspecified atom stereocenters. The highest BCUT2D eigenvalue weighted by Gasteiger charge is 2.15. The predicted molar refractivity (Wildman–Crippen MR) is 242 cm³/mol. The summed E-state index contributed by atoms with van der Waals surface area (Å²) in [5.74, 6) is 1.20. The Hall–Kier alpha value is -0.790. The number of unbranched alkanes of at least 4 members (excludes halogenated alkanes) is 23. The Balaban J connectivity index is 4.26. The molecule has 0 aliphatic carbocycles. The van der Waals surface area contributed by atoms with Gasteiger partial charge < -0.3 is 14.4 Å². The molecule has 0 aromatic heterocycles. The van der Waals surface area contributed by atoms with Crippen molar-refractivity contribution in [3.05, 3.63) is 0 Å². The van der Waals surface area contributed by atoms with Crippen LogP contribution in [0.5, 0.6) is 0 Å². The molecule has 0 radical (unpaired) electrons. The van der Waals surface area contributed by atoms with E-state index in [4.69, 9.17) is 9.47 Å². The number of esters is 2. The molecule has 0 saturated carbocycles. The van der Waals surface area contributed by atoms with Crippen molar-refractivity contribution in [2.45, 2.75) is 265 Å². The Labute approximate surface area is 348 Å². The maximum Gasteiger partial charge on any atom is 0.306 e. The molecule has 0 bridgehead atoms. The van der Waals surface area contributed by atoms with Crippen molar-refractivity contribution in [2.75, 3.05) is 32.4 Å². The number of rotatable bonds is 45. The van der Waals surface area contributed by atoms with Crippen LogP contribution in [0.2, 0.25) is 0 Å². The van der Waals surface area contributed by atoms with E-state index >= 15 is 0 Å². The van der Waals surface area contributed by atoms with Crippen LogP contribution in [-0.4, -0.2) is 61.5 Å². The van der Waals surface area contributed by atoms with Crippen LogP contribution in [0, 0.1) is 0 Å².